The largest absolute Gasteiger partial charge is 0.351 e. The van der Waals surface area contributed by atoms with Crippen LogP contribution < -0.4 is 16.0 Å². The van der Waals surface area contributed by atoms with Crippen molar-refractivity contribution >= 4 is 11.8 Å². The monoisotopic (exact) mass is 213 g/mol. The molecule has 86 valence electrons. The predicted molar refractivity (Wildman–Crippen MR) is 57.3 cm³/mol. The van der Waals surface area contributed by atoms with Crippen molar-refractivity contribution in [3.63, 3.8) is 0 Å². The third-order valence-corrected chi connectivity index (χ3v) is 2.41. The fraction of sp³-hybridized carbons (Fsp3) is 0.800. The van der Waals surface area contributed by atoms with Crippen molar-refractivity contribution in [3.8, 4) is 0 Å². The standard InChI is InChI=1S/C10H19N3O2/c1-8(14)12-7-10(15)13-9-4-2-3-5-11-6-9/h9,11H,2-7H2,1H3,(H,12,14)(H,13,15). The fourth-order valence-corrected chi connectivity index (χ4v) is 1.63. The molecule has 15 heavy (non-hydrogen) atoms. The first-order valence-corrected chi connectivity index (χ1v) is 5.43. The van der Waals surface area contributed by atoms with E-state index in [2.05, 4.69) is 16.0 Å². The maximum absolute atomic E-state index is 11.4. The Morgan fingerprint density at radius 1 is 1.40 bits per heavy atom. The first-order chi connectivity index (χ1) is 7.18. The first kappa shape index (κ1) is 12.0. The quantitative estimate of drug-likeness (QED) is 0.585. The van der Waals surface area contributed by atoms with E-state index in [9.17, 15) is 9.59 Å². The number of carbonyl (C=O) groups excluding carboxylic acids is 2. The number of carbonyl (C=O) groups is 2. The van der Waals surface area contributed by atoms with Gasteiger partial charge in [-0.05, 0) is 19.4 Å². The van der Waals surface area contributed by atoms with E-state index in [4.69, 9.17) is 0 Å². The zero-order valence-electron chi connectivity index (χ0n) is 9.14. The lowest BCUT2D eigenvalue weighted by atomic mass is 10.1. The van der Waals surface area contributed by atoms with Crippen LogP contribution in [-0.2, 0) is 9.59 Å². The molecule has 0 radical (unpaired) electrons. The average molecular weight is 213 g/mol. The molecule has 3 N–H and O–H groups in total. The summed E-state index contributed by atoms with van der Waals surface area (Å²) in [6.45, 7) is 3.33. The Morgan fingerprint density at radius 2 is 2.20 bits per heavy atom. The molecule has 5 heteroatoms. The number of nitrogens with one attached hydrogen (secondary N) is 3. The summed E-state index contributed by atoms with van der Waals surface area (Å²) in [6, 6.07) is 0.203. The first-order valence-electron chi connectivity index (χ1n) is 5.43. The van der Waals surface area contributed by atoms with Crippen molar-refractivity contribution in [1.29, 1.82) is 0 Å². The molecule has 1 unspecified atom stereocenters. The van der Waals surface area contributed by atoms with E-state index in [-0.39, 0.29) is 24.4 Å². The van der Waals surface area contributed by atoms with Gasteiger partial charge in [-0.3, -0.25) is 9.59 Å². The SMILES string of the molecule is CC(=O)NCC(=O)NC1CCCCNC1. The molecule has 1 aliphatic heterocycles. The number of amides is 2. The molecular formula is C10H19N3O2. The lowest BCUT2D eigenvalue weighted by Crippen LogP contribution is -2.45. The predicted octanol–water partition coefficient (Wildman–Crippen LogP) is -0.619. The van der Waals surface area contributed by atoms with Gasteiger partial charge in [0.1, 0.15) is 0 Å². The third kappa shape index (κ3) is 5.37. The highest BCUT2D eigenvalue weighted by Crippen LogP contribution is 2.03. The van der Waals surface area contributed by atoms with Crippen LogP contribution in [0.3, 0.4) is 0 Å². The van der Waals surface area contributed by atoms with Gasteiger partial charge in [0.15, 0.2) is 0 Å². The molecule has 1 fully saturated rings. The van der Waals surface area contributed by atoms with Crippen LogP contribution in [0, 0.1) is 0 Å². The second-order valence-electron chi connectivity index (χ2n) is 3.87. The molecule has 1 heterocycles. The minimum Gasteiger partial charge on any atom is -0.351 e. The van der Waals surface area contributed by atoms with Crippen LogP contribution >= 0.6 is 0 Å². The molecule has 0 saturated carbocycles. The third-order valence-electron chi connectivity index (χ3n) is 2.41. The van der Waals surface area contributed by atoms with Crippen LogP contribution in [0.25, 0.3) is 0 Å². The molecule has 1 atom stereocenters. The van der Waals surface area contributed by atoms with Crippen LogP contribution in [0.1, 0.15) is 26.2 Å². The minimum absolute atomic E-state index is 0.0752. The highest BCUT2D eigenvalue weighted by Gasteiger charge is 2.13. The van der Waals surface area contributed by atoms with Crippen LogP contribution in [0.4, 0.5) is 0 Å². The van der Waals surface area contributed by atoms with Crippen LogP contribution in [0.2, 0.25) is 0 Å². The molecule has 0 bridgehead atoms. The summed E-state index contributed by atoms with van der Waals surface area (Å²) >= 11 is 0. The highest BCUT2D eigenvalue weighted by atomic mass is 16.2. The Kier molecular flexibility index (Phi) is 5.10. The van der Waals surface area contributed by atoms with Crippen molar-refractivity contribution in [2.75, 3.05) is 19.6 Å². The van der Waals surface area contributed by atoms with Gasteiger partial charge in [-0.1, -0.05) is 6.42 Å². The Hall–Kier alpha value is -1.10. The second-order valence-corrected chi connectivity index (χ2v) is 3.87. The van der Waals surface area contributed by atoms with Gasteiger partial charge in [-0.15, -0.1) is 0 Å². The van der Waals surface area contributed by atoms with Crippen molar-refractivity contribution < 1.29 is 9.59 Å². The zero-order chi connectivity index (χ0) is 11.1. The number of rotatable bonds is 3. The van der Waals surface area contributed by atoms with Crippen LogP contribution in [0.5, 0.6) is 0 Å². The zero-order valence-corrected chi connectivity index (χ0v) is 9.14. The van der Waals surface area contributed by atoms with Gasteiger partial charge < -0.3 is 16.0 Å². The van der Waals surface area contributed by atoms with Crippen molar-refractivity contribution in [2.24, 2.45) is 0 Å². The average Bonchev–Trinajstić information content (AvgIpc) is 2.43. The summed E-state index contributed by atoms with van der Waals surface area (Å²) in [4.78, 5) is 22.0. The second kappa shape index (κ2) is 6.40. The Labute approximate surface area is 90.0 Å². The summed E-state index contributed by atoms with van der Waals surface area (Å²) in [5, 5.41) is 8.64. The van der Waals surface area contributed by atoms with Gasteiger partial charge in [0.05, 0.1) is 6.54 Å². The lowest BCUT2D eigenvalue weighted by Gasteiger charge is -2.16. The van der Waals surface area contributed by atoms with Crippen molar-refractivity contribution in [2.45, 2.75) is 32.2 Å². The smallest absolute Gasteiger partial charge is 0.239 e. The molecule has 1 rings (SSSR count). The molecule has 0 aromatic carbocycles. The number of hydrogen-bond acceptors (Lipinski definition) is 3. The van der Waals surface area contributed by atoms with E-state index in [0.717, 1.165) is 32.4 Å². The van der Waals surface area contributed by atoms with Gasteiger partial charge in [0, 0.05) is 19.5 Å². The normalized spacial score (nSPS) is 21.5. The number of hydrogen-bond donors (Lipinski definition) is 3. The van der Waals surface area contributed by atoms with E-state index in [1.165, 1.54) is 6.92 Å². The summed E-state index contributed by atoms with van der Waals surface area (Å²) in [5.41, 5.74) is 0. The summed E-state index contributed by atoms with van der Waals surface area (Å²) in [6.07, 6.45) is 3.31. The maximum atomic E-state index is 11.4. The Morgan fingerprint density at radius 3 is 2.93 bits per heavy atom. The van der Waals surface area contributed by atoms with Crippen molar-refractivity contribution in [1.82, 2.24) is 16.0 Å². The molecule has 0 aliphatic carbocycles. The molecule has 0 aromatic heterocycles. The molecule has 0 aromatic rings. The van der Waals surface area contributed by atoms with E-state index in [1.54, 1.807) is 0 Å². The summed E-state index contributed by atoms with van der Waals surface area (Å²) < 4.78 is 0. The van der Waals surface area contributed by atoms with Crippen LogP contribution in [0.15, 0.2) is 0 Å². The van der Waals surface area contributed by atoms with E-state index in [1.807, 2.05) is 0 Å². The molecule has 2 amide bonds. The maximum Gasteiger partial charge on any atom is 0.239 e. The van der Waals surface area contributed by atoms with Gasteiger partial charge in [0.25, 0.3) is 0 Å². The Balaban J connectivity index is 2.20. The molecule has 5 nitrogen and oxygen atoms in total. The van der Waals surface area contributed by atoms with Crippen molar-refractivity contribution in [3.05, 3.63) is 0 Å². The molecule has 1 saturated heterocycles. The lowest BCUT2D eigenvalue weighted by molar-refractivity contribution is -0.125. The Bertz CT molecular complexity index is 223. The molecule has 1 aliphatic rings. The van der Waals surface area contributed by atoms with E-state index in [0.29, 0.717) is 0 Å². The fourth-order valence-electron chi connectivity index (χ4n) is 1.63. The van der Waals surface area contributed by atoms with Gasteiger partial charge in [0.2, 0.25) is 11.8 Å². The van der Waals surface area contributed by atoms with E-state index >= 15 is 0 Å². The van der Waals surface area contributed by atoms with Crippen LogP contribution in [-0.4, -0.2) is 37.5 Å². The summed E-state index contributed by atoms with van der Waals surface area (Å²) in [5.74, 6) is -0.289. The topological polar surface area (TPSA) is 70.2 Å². The highest BCUT2D eigenvalue weighted by molar-refractivity contribution is 5.83. The van der Waals surface area contributed by atoms with E-state index < -0.39 is 0 Å². The molecule has 0 spiro atoms. The van der Waals surface area contributed by atoms with Gasteiger partial charge >= 0.3 is 0 Å². The minimum atomic E-state index is -0.177. The van der Waals surface area contributed by atoms with Gasteiger partial charge in [-0.25, -0.2) is 0 Å². The van der Waals surface area contributed by atoms with Gasteiger partial charge in [-0.2, -0.15) is 0 Å². The molecular weight excluding hydrogens is 194 g/mol. The summed E-state index contributed by atoms with van der Waals surface area (Å²) in [7, 11) is 0.